The van der Waals surface area contributed by atoms with Crippen molar-refractivity contribution in [3.8, 4) is 0 Å². The van der Waals surface area contributed by atoms with Gasteiger partial charge in [-0.1, -0.05) is 31.2 Å². The Kier molecular flexibility index (Phi) is 6.36. The number of hydrogen-bond donors (Lipinski definition) is 2. The molecule has 29 heavy (non-hydrogen) atoms. The van der Waals surface area contributed by atoms with Crippen LogP contribution in [0.15, 0.2) is 48.8 Å². The van der Waals surface area contributed by atoms with E-state index in [9.17, 15) is 19.5 Å². The highest BCUT2D eigenvalue weighted by Crippen LogP contribution is 2.42. The van der Waals surface area contributed by atoms with Gasteiger partial charge in [0.25, 0.3) is 0 Å². The fourth-order valence-electron chi connectivity index (χ4n) is 3.93. The molecule has 3 rings (SSSR count). The molecule has 2 aromatic rings. The van der Waals surface area contributed by atoms with Crippen LogP contribution in [-0.4, -0.2) is 44.1 Å². The highest BCUT2D eigenvalue weighted by Gasteiger charge is 2.54. The third-order valence-electron chi connectivity index (χ3n) is 5.53. The van der Waals surface area contributed by atoms with Gasteiger partial charge in [-0.2, -0.15) is 0 Å². The standard InChI is InChI=1S/C22H26N2O5/c1-2-9-24(20(25)17-12-18(21(26)27)19(17)22(28)29)14-16-7-5-15(6-8-16)13-23-10-3-4-11-23/h3-8,10-11,17-19H,2,9,12-14H2,1H3,(H,26,27)(H,28,29). The average Bonchev–Trinajstić information content (AvgIpc) is 3.14. The summed E-state index contributed by atoms with van der Waals surface area (Å²) in [5.74, 6) is -5.54. The zero-order valence-corrected chi connectivity index (χ0v) is 16.4. The molecule has 1 heterocycles. The van der Waals surface area contributed by atoms with Crippen molar-refractivity contribution in [1.82, 2.24) is 9.47 Å². The SMILES string of the molecule is CCCN(Cc1ccc(Cn2cccc2)cc1)C(=O)C1CC(C(=O)O)C1C(=O)O. The summed E-state index contributed by atoms with van der Waals surface area (Å²) in [6.45, 7) is 3.61. The lowest BCUT2D eigenvalue weighted by atomic mass is 9.64. The van der Waals surface area contributed by atoms with Crippen molar-refractivity contribution in [2.45, 2.75) is 32.9 Å². The highest BCUT2D eigenvalue weighted by molar-refractivity contribution is 5.91. The lowest BCUT2D eigenvalue weighted by molar-refractivity contribution is -0.172. The van der Waals surface area contributed by atoms with Crippen LogP contribution in [0.3, 0.4) is 0 Å². The highest BCUT2D eigenvalue weighted by atomic mass is 16.4. The number of carboxylic acids is 2. The Morgan fingerprint density at radius 3 is 2.17 bits per heavy atom. The van der Waals surface area contributed by atoms with Crippen molar-refractivity contribution >= 4 is 17.8 Å². The first-order valence-electron chi connectivity index (χ1n) is 9.83. The molecule has 0 saturated heterocycles. The number of rotatable bonds is 9. The minimum Gasteiger partial charge on any atom is -0.481 e. The Hall–Kier alpha value is -3.09. The van der Waals surface area contributed by atoms with E-state index in [0.717, 1.165) is 24.1 Å². The van der Waals surface area contributed by atoms with Gasteiger partial charge in [-0.05, 0) is 36.1 Å². The molecule has 1 amide bonds. The molecule has 0 bridgehead atoms. The smallest absolute Gasteiger partial charge is 0.308 e. The normalized spacial score (nSPS) is 20.7. The Morgan fingerprint density at radius 1 is 1.00 bits per heavy atom. The summed E-state index contributed by atoms with van der Waals surface area (Å²) in [6.07, 6.45) is 4.82. The molecule has 7 heteroatoms. The summed E-state index contributed by atoms with van der Waals surface area (Å²) >= 11 is 0. The molecule has 1 aromatic heterocycles. The summed E-state index contributed by atoms with van der Waals surface area (Å²) in [6, 6.07) is 11.9. The van der Waals surface area contributed by atoms with Gasteiger partial charge in [-0.15, -0.1) is 0 Å². The van der Waals surface area contributed by atoms with Crippen LogP contribution < -0.4 is 0 Å². The molecule has 3 unspecified atom stereocenters. The van der Waals surface area contributed by atoms with Crippen LogP contribution >= 0.6 is 0 Å². The number of carboxylic acid groups (broad SMARTS) is 2. The molecule has 3 atom stereocenters. The monoisotopic (exact) mass is 398 g/mol. The molecule has 1 fully saturated rings. The van der Waals surface area contributed by atoms with E-state index in [-0.39, 0.29) is 12.3 Å². The minimum absolute atomic E-state index is 0.0845. The maximum atomic E-state index is 12.9. The van der Waals surface area contributed by atoms with Gasteiger partial charge in [0, 0.05) is 32.0 Å². The van der Waals surface area contributed by atoms with Crippen molar-refractivity contribution in [2.24, 2.45) is 17.8 Å². The van der Waals surface area contributed by atoms with Crippen molar-refractivity contribution in [3.05, 3.63) is 59.9 Å². The van der Waals surface area contributed by atoms with E-state index in [1.807, 2.05) is 55.7 Å². The topological polar surface area (TPSA) is 99.8 Å². The van der Waals surface area contributed by atoms with E-state index in [1.165, 1.54) is 0 Å². The van der Waals surface area contributed by atoms with E-state index in [4.69, 9.17) is 5.11 Å². The first kappa shape index (κ1) is 20.6. The molecule has 154 valence electrons. The number of hydrogen-bond acceptors (Lipinski definition) is 3. The van der Waals surface area contributed by atoms with Crippen LogP contribution in [-0.2, 0) is 27.5 Å². The largest absolute Gasteiger partial charge is 0.481 e. The lowest BCUT2D eigenvalue weighted by Crippen LogP contribution is -2.53. The Bertz CT molecular complexity index is 860. The number of aromatic nitrogens is 1. The van der Waals surface area contributed by atoms with Crippen LogP contribution in [0.5, 0.6) is 0 Å². The summed E-state index contributed by atoms with van der Waals surface area (Å²) < 4.78 is 2.07. The molecular weight excluding hydrogens is 372 g/mol. The second-order valence-electron chi connectivity index (χ2n) is 7.58. The molecule has 1 aliphatic rings. The van der Waals surface area contributed by atoms with E-state index >= 15 is 0 Å². The Labute approximate surface area is 169 Å². The summed E-state index contributed by atoms with van der Waals surface area (Å²) in [7, 11) is 0. The van der Waals surface area contributed by atoms with Gasteiger partial charge in [0.15, 0.2) is 0 Å². The maximum Gasteiger partial charge on any atom is 0.308 e. The van der Waals surface area contributed by atoms with Gasteiger partial charge in [0.1, 0.15) is 0 Å². The molecule has 2 N–H and O–H groups in total. The molecule has 0 spiro atoms. The summed E-state index contributed by atoms with van der Waals surface area (Å²) in [5, 5.41) is 18.5. The van der Waals surface area contributed by atoms with Crippen molar-refractivity contribution in [2.75, 3.05) is 6.54 Å². The van der Waals surface area contributed by atoms with Crippen LogP contribution in [0.2, 0.25) is 0 Å². The van der Waals surface area contributed by atoms with Crippen molar-refractivity contribution in [1.29, 1.82) is 0 Å². The van der Waals surface area contributed by atoms with Gasteiger partial charge in [0.2, 0.25) is 5.91 Å². The molecule has 1 saturated carbocycles. The van der Waals surface area contributed by atoms with Crippen molar-refractivity contribution < 1.29 is 24.6 Å². The molecule has 1 aliphatic carbocycles. The van der Waals surface area contributed by atoms with Gasteiger partial charge in [-0.3, -0.25) is 14.4 Å². The van der Waals surface area contributed by atoms with Gasteiger partial charge in [0.05, 0.1) is 17.8 Å². The van der Waals surface area contributed by atoms with E-state index in [1.54, 1.807) is 4.90 Å². The number of benzene rings is 1. The van der Waals surface area contributed by atoms with Gasteiger partial charge < -0.3 is 19.7 Å². The van der Waals surface area contributed by atoms with Gasteiger partial charge in [-0.25, -0.2) is 0 Å². The third kappa shape index (κ3) is 4.67. The van der Waals surface area contributed by atoms with Crippen LogP contribution in [0, 0.1) is 17.8 Å². The molecule has 0 aliphatic heterocycles. The van der Waals surface area contributed by atoms with Crippen molar-refractivity contribution in [3.63, 3.8) is 0 Å². The maximum absolute atomic E-state index is 12.9. The predicted octanol–water partition coefficient (Wildman–Crippen LogP) is 2.70. The fraction of sp³-hybridized carbons (Fsp3) is 0.409. The summed E-state index contributed by atoms with van der Waals surface area (Å²) in [5.41, 5.74) is 2.11. The van der Waals surface area contributed by atoms with E-state index in [0.29, 0.717) is 13.1 Å². The number of carbonyl (C=O) groups excluding carboxylic acids is 1. The molecule has 1 aromatic carbocycles. The van der Waals surface area contributed by atoms with Gasteiger partial charge >= 0.3 is 11.9 Å². The zero-order valence-electron chi connectivity index (χ0n) is 16.4. The third-order valence-corrected chi connectivity index (χ3v) is 5.53. The number of nitrogens with zero attached hydrogens (tertiary/aromatic N) is 2. The first-order chi connectivity index (χ1) is 13.9. The number of carbonyl (C=O) groups is 3. The average molecular weight is 398 g/mol. The van der Waals surface area contributed by atoms with Crippen LogP contribution in [0.25, 0.3) is 0 Å². The molecule has 0 radical (unpaired) electrons. The number of amides is 1. The van der Waals surface area contributed by atoms with Crippen LogP contribution in [0.4, 0.5) is 0 Å². The molecular formula is C22H26N2O5. The fourth-order valence-corrected chi connectivity index (χ4v) is 3.93. The quantitative estimate of drug-likeness (QED) is 0.677. The number of aliphatic carboxylic acids is 2. The van der Waals surface area contributed by atoms with Crippen LogP contribution in [0.1, 0.15) is 30.9 Å². The lowest BCUT2D eigenvalue weighted by Gasteiger charge is -2.40. The second kappa shape index (κ2) is 8.94. The summed E-state index contributed by atoms with van der Waals surface area (Å²) in [4.78, 5) is 37.3. The van der Waals surface area contributed by atoms with E-state index < -0.39 is 29.7 Å². The van der Waals surface area contributed by atoms with E-state index in [2.05, 4.69) is 4.57 Å². The predicted molar refractivity (Wildman–Crippen MR) is 106 cm³/mol. The first-order valence-corrected chi connectivity index (χ1v) is 9.83. The Morgan fingerprint density at radius 2 is 1.62 bits per heavy atom. The zero-order chi connectivity index (χ0) is 21.0. The minimum atomic E-state index is -1.21. The Balaban J connectivity index is 1.67. The second-order valence-corrected chi connectivity index (χ2v) is 7.58. The molecule has 7 nitrogen and oxygen atoms in total.